The zero-order valence-corrected chi connectivity index (χ0v) is 16.3. The minimum atomic E-state index is -1.41. The zero-order chi connectivity index (χ0) is 22.1. The van der Waals surface area contributed by atoms with Crippen LogP contribution in [0.4, 0.5) is 0 Å². The maximum atomic E-state index is 11.9. The standard InChI is InChI=1S/C16H22N4O9/c1-7(21)26-6-12(27-8(2)22)14(28-9(3)23)15-13(17)10(19-20-18)5-11(29-15)16(24)25-4/h5,10,12-15H,6,17H2,1-4H3/t10-,12+,13+,14+,15+/m0/s1. The second-order valence-corrected chi connectivity index (χ2v) is 5.90. The molecule has 13 heteroatoms. The minimum absolute atomic E-state index is 0.345. The molecule has 0 saturated carbocycles. The van der Waals surface area contributed by atoms with Crippen LogP contribution in [0.2, 0.25) is 0 Å². The highest BCUT2D eigenvalue weighted by Gasteiger charge is 2.45. The van der Waals surface area contributed by atoms with Crippen LogP contribution in [-0.2, 0) is 42.9 Å². The van der Waals surface area contributed by atoms with E-state index in [2.05, 4.69) is 14.8 Å². The smallest absolute Gasteiger partial charge is 0.372 e. The van der Waals surface area contributed by atoms with Gasteiger partial charge in [0.25, 0.3) is 0 Å². The lowest BCUT2D eigenvalue weighted by atomic mass is 9.93. The molecule has 29 heavy (non-hydrogen) atoms. The molecule has 160 valence electrons. The third-order valence-electron chi connectivity index (χ3n) is 3.69. The Morgan fingerprint density at radius 2 is 1.83 bits per heavy atom. The van der Waals surface area contributed by atoms with Crippen molar-refractivity contribution in [3.63, 3.8) is 0 Å². The lowest BCUT2D eigenvalue weighted by molar-refractivity contribution is -0.187. The predicted octanol–water partition coefficient (Wildman–Crippen LogP) is -0.125. The summed E-state index contributed by atoms with van der Waals surface area (Å²) in [5, 5.41) is 3.50. The Kier molecular flexibility index (Phi) is 8.90. The van der Waals surface area contributed by atoms with Crippen molar-refractivity contribution < 1.29 is 42.9 Å². The normalized spacial score (nSPS) is 22.5. The van der Waals surface area contributed by atoms with Crippen LogP contribution in [0.5, 0.6) is 0 Å². The van der Waals surface area contributed by atoms with Gasteiger partial charge in [0.1, 0.15) is 6.61 Å². The molecule has 0 amide bonds. The molecule has 0 aromatic rings. The number of carbonyl (C=O) groups excluding carboxylic acids is 4. The Bertz CT molecular complexity index is 732. The first-order valence-corrected chi connectivity index (χ1v) is 8.35. The first-order chi connectivity index (χ1) is 13.6. The Morgan fingerprint density at radius 3 is 2.31 bits per heavy atom. The van der Waals surface area contributed by atoms with Gasteiger partial charge in [-0.15, -0.1) is 0 Å². The molecule has 2 N–H and O–H groups in total. The molecule has 0 bridgehead atoms. The summed E-state index contributed by atoms with van der Waals surface area (Å²) in [4.78, 5) is 48.9. The van der Waals surface area contributed by atoms with Crippen LogP contribution in [0.3, 0.4) is 0 Å². The van der Waals surface area contributed by atoms with Crippen molar-refractivity contribution >= 4 is 23.9 Å². The Balaban J connectivity index is 3.36. The van der Waals surface area contributed by atoms with Crippen molar-refractivity contribution in [2.75, 3.05) is 13.7 Å². The van der Waals surface area contributed by atoms with Gasteiger partial charge < -0.3 is 29.4 Å². The number of hydrogen-bond acceptors (Lipinski definition) is 11. The Morgan fingerprint density at radius 1 is 1.21 bits per heavy atom. The lowest BCUT2D eigenvalue weighted by Gasteiger charge is -2.39. The van der Waals surface area contributed by atoms with Gasteiger partial charge in [-0.05, 0) is 11.6 Å². The first-order valence-electron chi connectivity index (χ1n) is 8.35. The van der Waals surface area contributed by atoms with E-state index in [1.54, 1.807) is 0 Å². The summed E-state index contributed by atoms with van der Waals surface area (Å²) in [5.74, 6) is -3.48. The topological polar surface area (TPSA) is 189 Å². The number of carbonyl (C=O) groups is 4. The highest BCUT2D eigenvalue weighted by molar-refractivity contribution is 5.86. The fourth-order valence-electron chi connectivity index (χ4n) is 2.55. The summed E-state index contributed by atoms with van der Waals surface area (Å²) < 4.78 is 25.3. The predicted molar refractivity (Wildman–Crippen MR) is 93.6 cm³/mol. The molecular weight excluding hydrogens is 392 g/mol. The minimum Gasteiger partial charge on any atom is -0.478 e. The van der Waals surface area contributed by atoms with E-state index in [1.165, 1.54) is 0 Å². The number of esters is 4. The second kappa shape index (κ2) is 10.9. The van der Waals surface area contributed by atoms with E-state index in [1.807, 2.05) is 0 Å². The van der Waals surface area contributed by atoms with Crippen molar-refractivity contribution in [2.45, 2.75) is 51.2 Å². The Hall–Kier alpha value is -3.31. The van der Waals surface area contributed by atoms with E-state index >= 15 is 0 Å². The van der Waals surface area contributed by atoms with Crippen LogP contribution in [0.1, 0.15) is 20.8 Å². The summed E-state index contributed by atoms with van der Waals surface area (Å²) in [6.07, 6.45) is -2.88. The van der Waals surface area contributed by atoms with E-state index < -0.39 is 60.9 Å². The number of rotatable bonds is 8. The van der Waals surface area contributed by atoms with Crippen molar-refractivity contribution in [2.24, 2.45) is 10.8 Å². The third kappa shape index (κ3) is 6.97. The maximum Gasteiger partial charge on any atom is 0.372 e. The summed E-state index contributed by atoms with van der Waals surface area (Å²) in [6, 6.07) is -2.18. The van der Waals surface area contributed by atoms with Gasteiger partial charge in [0.2, 0.25) is 5.76 Å². The highest BCUT2D eigenvalue weighted by Crippen LogP contribution is 2.27. The van der Waals surface area contributed by atoms with E-state index in [4.69, 9.17) is 30.2 Å². The maximum absolute atomic E-state index is 11.9. The number of nitrogens with zero attached hydrogens (tertiary/aromatic N) is 3. The molecule has 13 nitrogen and oxygen atoms in total. The summed E-state index contributed by atoms with van der Waals surface area (Å²) in [5.41, 5.74) is 14.9. The summed E-state index contributed by atoms with van der Waals surface area (Å²) >= 11 is 0. The zero-order valence-electron chi connectivity index (χ0n) is 16.3. The van der Waals surface area contributed by atoms with Gasteiger partial charge in [-0.2, -0.15) is 0 Å². The fraction of sp³-hybridized carbons (Fsp3) is 0.625. The van der Waals surface area contributed by atoms with Gasteiger partial charge in [0.15, 0.2) is 18.3 Å². The number of hydrogen-bond donors (Lipinski definition) is 1. The number of nitrogens with two attached hydrogens (primary N) is 1. The van der Waals surface area contributed by atoms with Gasteiger partial charge in [-0.1, -0.05) is 5.11 Å². The number of methoxy groups -OCH3 is 1. The van der Waals surface area contributed by atoms with Crippen LogP contribution in [-0.4, -0.2) is 68.0 Å². The van der Waals surface area contributed by atoms with Gasteiger partial charge >= 0.3 is 23.9 Å². The average Bonchev–Trinajstić information content (AvgIpc) is 2.64. The monoisotopic (exact) mass is 414 g/mol. The molecule has 0 unspecified atom stereocenters. The van der Waals surface area contributed by atoms with E-state index in [-0.39, 0.29) is 5.76 Å². The molecule has 0 aromatic heterocycles. The first kappa shape index (κ1) is 23.7. The van der Waals surface area contributed by atoms with E-state index in [0.717, 1.165) is 34.0 Å². The van der Waals surface area contributed by atoms with Crippen LogP contribution < -0.4 is 5.73 Å². The van der Waals surface area contributed by atoms with Crippen molar-refractivity contribution in [1.82, 2.24) is 0 Å². The van der Waals surface area contributed by atoms with Gasteiger partial charge in [-0.25, -0.2) is 4.79 Å². The van der Waals surface area contributed by atoms with Crippen molar-refractivity contribution in [3.8, 4) is 0 Å². The number of azide groups is 1. The molecule has 1 heterocycles. The molecule has 1 rings (SSSR count). The van der Waals surface area contributed by atoms with Crippen LogP contribution >= 0.6 is 0 Å². The average molecular weight is 414 g/mol. The van der Waals surface area contributed by atoms with Gasteiger partial charge in [-0.3, -0.25) is 14.4 Å². The van der Waals surface area contributed by atoms with Crippen molar-refractivity contribution in [1.29, 1.82) is 0 Å². The highest BCUT2D eigenvalue weighted by atomic mass is 16.6. The molecule has 1 aliphatic heterocycles. The molecule has 0 aromatic carbocycles. The van der Waals surface area contributed by atoms with Crippen LogP contribution in [0, 0.1) is 0 Å². The van der Waals surface area contributed by atoms with Gasteiger partial charge in [0.05, 0.1) is 19.2 Å². The van der Waals surface area contributed by atoms with E-state index in [9.17, 15) is 19.2 Å². The van der Waals surface area contributed by atoms with Crippen molar-refractivity contribution in [3.05, 3.63) is 22.3 Å². The van der Waals surface area contributed by atoms with Gasteiger partial charge in [0, 0.05) is 25.7 Å². The van der Waals surface area contributed by atoms with E-state index in [0.29, 0.717) is 0 Å². The summed E-state index contributed by atoms with van der Waals surface area (Å²) in [6.45, 7) is 2.82. The SMILES string of the molecule is COC(=O)C1=C[C@H](N=[N+]=[N-])[C@@H](N)[C@H]([C@H](OC(C)=O)[C@@H](COC(C)=O)OC(C)=O)O1. The van der Waals surface area contributed by atoms with Crippen LogP contribution in [0.25, 0.3) is 10.4 Å². The molecule has 0 radical (unpaired) electrons. The Labute approximate surface area is 165 Å². The van der Waals surface area contributed by atoms with Crippen LogP contribution in [0.15, 0.2) is 16.9 Å². The molecule has 0 fully saturated rings. The molecule has 0 saturated heterocycles. The molecule has 5 atom stereocenters. The molecule has 0 spiro atoms. The third-order valence-corrected chi connectivity index (χ3v) is 3.69. The largest absolute Gasteiger partial charge is 0.478 e. The molecule has 1 aliphatic rings. The summed E-state index contributed by atoms with van der Waals surface area (Å²) in [7, 11) is 1.10. The number of ether oxygens (including phenoxy) is 5. The lowest BCUT2D eigenvalue weighted by Crippen LogP contribution is -2.58. The molecule has 0 aliphatic carbocycles. The second-order valence-electron chi connectivity index (χ2n) is 5.90. The quantitative estimate of drug-likeness (QED) is 0.184. The fourth-order valence-corrected chi connectivity index (χ4v) is 2.55. The molecular formula is C16H22N4O9.